The molecule has 0 saturated heterocycles. The Bertz CT molecular complexity index is 566. The summed E-state index contributed by atoms with van der Waals surface area (Å²) >= 11 is 0. The Labute approximate surface area is 129 Å². The van der Waals surface area contributed by atoms with Crippen LogP contribution in [0, 0.1) is 0 Å². The van der Waals surface area contributed by atoms with E-state index < -0.39 is 8.07 Å². The van der Waals surface area contributed by atoms with E-state index in [0.717, 1.165) is 25.0 Å². The van der Waals surface area contributed by atoms with E-state index in [4.69, 9.17) is 0 Å². The SMILES string of the molecule is CCCc1cn(C(CC)c2ccc([Si](C)(C)C)cc2)nn1. The lowest BCUT2D eigenvalue weighted by atomic mass is 10.1. The van der Waals surface area contributed by atoms with Crippen molar-refractivity contribution < 1.29 is 0 Å². The summed E-state index contributed by atoms with van der Waals surface area (Å²) in [6.45, 7) is 11.5. The zero-order chi connectivity index (χ0) is 15.5. The lowest BCUT2D eigenvalue weighted by Gasteiger charge is -2.19. The second-order valence-corrected chi connectivity index (χ2v) is 11.8. The number of aromatic nitrogens is 3. The number of hydrogen-bond acceptors (Lipinski definition) is 2. The Hall–Kier alpha value is -1.42. The van der Waals surface area contributed by atoms with E-state index in [2.05, 4.69) is 74.3 Å². The smallest absolute Gasteiger partial charge is 0.0827 e. The van der Waals surface area contributed by atoms with Gasteiger partial charge in [-0.05, 0) is 18.4 Å². The fourth-order valence-electron chi connectivity index (χ4n) is 2.62. The van der Waals surface area contributed by atoms with Gasteiger partial charge in [0.1, 0.15) is 0 Å². The van der Waals surface area contributed by atoms with Gasteiger partial charge in [-0.3, -0.25) is 0 Å². The van der Waals surface area contributed by atoms with Crippen LogP contribution in [-0.4, -0.2) is 23.1 Å². The average Bonchev–Trinajstić information content (AvgIpc) is 2.88. The van der Waals surface area contributed by atoms with Crippen molar-refractivity contribution in [3.8, 4) is 0 Å². The molecule has 1 atom stereocenters. The third-order valence-electron chi connectivity index (χ3n) is 3.93. The molecule has 0 bridgehead atoms. The first-order valence-corrected chi connectivity index (χ1v) is 11.5. The van der Waals surface area contributed by atoms with Crippen molar-refractivity contribution in [1.29, 1.82) is 0 Å². The number of aryl methyl sites for hydroxylation is 1. The summed E-state index contributed by atoms with van der Waals surface area (Å²) < 4.78 is 2.02. The Balaban J connectivity index is 2.24. The molecule has 0 aliphatic carbocycles. The highest BCUT2D eigenvalue weighted by atomic mass is 28.3. The zero-order valence-electron chi connectivity index (χ0n) is 13.9. The van der Waals surface area contributed by atoms with Crippen molar-refractivity contribution in [3.05, 3.63) is 41.7 Å². The average molecular weight is 302 g/mol. The van der Waals surface area contributed by atoms with Gasteiger partial charge in [-0.2, -0.15) is 0 Å². The van der Waals surface area contributed by atoms with E-state index in [1.165, 1.54) is 10.8 Å². The van der Waals surface area contributed by atoms with Crippen molar-refractivity contribution in [2.75, 3.05) is 0 Å². The molecule has 3 nitrogen and oxygen atoms in total. The minimum absolute atomic E-state index is 0.291. The number of rotatable bonds is 6. The summed E-state index contributed by atoms with van der Waals surface area (Å²) in [6.07, 6.45) is 5.25. The standard InChI is InChI=1S/C17H27N3Si/c1-6-8-15-13-20(19-18-15)17(7-2)14-9-11-16(12-10-14)21(3,4)5/h9-13,17H,6-8H2,1-5H3. The molecule has 1 aromatic heterocycles. The molecule has 114 valence electrons. The quantitative estimate of drug-likeness (QED) is 0.760. The molecule has 0 saturated carbocycles. The van der Waals surface area contributed by atoms with Gasteiger partial charge in [0.2, 0.25) is 0 Å². The minimum atomic E-state index is -1.22. The van der Waals surface area contributed by atoms with Crippen molar-refractivity contribution in [2.45, 2.75) is 58.8 Å². The van der Waals surface area contributed by atoms with E-state index in [-0.39, 0.29) is 0 Å². The van der Waals surface area contributed by atoms with Crippen LogP contribution in [0.2, 0.25) is 19.6 Å². The molecule has 0 N–H and O–H groups in total. The second-order valence-electron chi connectivity index (χ2n) is 6.74. The topological polar surface area (TPSA) is 30.7 Å². The predicted octanol–water partition coefficient (Wildman–Crippen LogP) is 3.78. The van der Waals surface area contributed by atoms with E-state index in [0.29, 0.717) is 6.04 Å². The van der Waals surface area contributed by atoms with Gasteiger partial charge in [0.05, 0.1) is 19.8 Å². The maximum Gasteiger partial charge on any atom is 0.0827 e. The van der Waals surface area contributed by atoms with Crippen LogP contribution in [0.15, 0.2) is 30.5 Å². The molecular weight excluding hydrogens is 274 g/mol. The van der Waals surface area contributed by atoms with Crippen LogP contribution in [0.3, 0.4) is 0 Å². The Morgan fingerprint density at radius 3 is 2.29 bits per heavy atom. The number of hydrogen-bond donors (Lipinski definition) is 0. The fourth-order valence-corrected chi connectivity index (χ4v) is 3.78. The molecule has 1 aromatic carbocycles. The lowest BCUT2D eigenvalue weighted by Crippen LogP contribution is -2.37. The van der Waals surface area contributed by atoms with Crippen LogP contribution in [0.25, 0.3) is 0 Å². The highest BCUT2D eigenvalue weighted by molar-refractivity contribution is 6.88. The van der Waals surface area contributed by atoms with Crippen molar-refractivity contribution in [2.24, 2.45) is 0 Å². The maximum atomic E-state index is 4.33. The maximum absolute atomic E-state index is 4.33. The van der Waals surface area contributed by atoms with Crippen molar-refractivity contribution in [1.82, 2.24) is 15.0 Å². The van der Waals surface area contributed by atoms with E-state index in [9.17, 15) is 0 Å². The van der Waals surface area contributed by atoms with Gasteiger partial charge < -0.3 is 0 Å². The molecule has 0 aliphatic rings. The van der Waals surface area contributed by atoms with Gasteiger partial charge in [-0.15, -0.1) is 5.10 Å². The summed E-state index contributed by atoms with van der Waals surface area (Å²) in [5.41, 5.74) is 2.42. The summed E-state index contributed by atoms with van der Waals surface area (Å²) in [7, 11) is -1.22. The van der Waals surface area contributed by atoms with Gasteiger partial charge in [-0.25, -0.2) is 4.68 Å². The van der Waals surface area contributed by atoms with Crippen molar-refractivity contribution in [3.63, 3.8) is 0 Å². The molecule has 1 heterocycles. The molecule has 0 spiro atoms. The van der Waals surface area contributed by atoms with Gasteiger partial charge in [0.15, 0.2) is 0 Å². The van der Waals surface area contributed by atoms with Gasteiger partial charge in [0.25, 0.3) is 0 Å². The molecule has 2 rings (SSSR count). The minimum Gasteiger partial charge on any atom is -0.245 e. The lowest BCUT2D eigenvalue weighted by molar-refractivity contribution is 0.493. The first-order valence-electron chi connectivity index (χ1n) is 7.96. The summed E-state index contributed by atoms with van der Waals surface area (Å²) in [4.78, 5) is 0. The number of benzene rings is 1. The third-order valence-corrected chi connectivity index (χ3v) is 6.00. The van der Waals surface area contributed by atoms with Gasteiger partial charge >= 0.3 is 0 Å². The summed E-state index contributed by atoms with van der Waals surface area (Å²) in [5.74, 6) is 0. The molecule has 0 aliphatic heterocycles. The highest BCUT2D eigenvalue weighted by Gasteiger charge is 2.18. The van der Waals surface area contributed by atoms with Crippen LogP contribution in [0.5, 0.6) is 0 Å². The third kappa shape index (κ3) is 3.82. The van der Waals surface area contributed by atoms with Crippen LogP contribution in [0.4, 0.5) is 0 Å². The molecule has 0 radical (unpaired) electrons. The van der Waals surface area contributed by atoms with E-state index >= 15 is 0 Å². The molecule has 0 fully saturated rings. The summed E-state index contributed by atoms with van der Waals surface area (Å²) in [6, 6.07) is 9.42. The monoisotopic (exact) mass is 301 g/mol. The largest absolute Gasteiger partial charge is 0.245 e. The summed E-state index contributed by atoms with van der Waals surface area (Å²) in [5, 5.41) is 10.1. The Morgan fingerprint density at radius 2 is 1.76 bits per heavy atom. The predicted molar refractivity (Wildman–Crippen MR) is 91.9 cm³/mol. The first kappa shape index (κ1) is 16.0. The van der Waals surface area contributed by atoms with E-state index in [1.54, 1.807) is 0 Å². The highest BCUT2D eigenvalue weighted by Crippen LogP contribution is 2.21. The normalized spacial score (nSPS) is 13.4. The molecule has 4 heteroatoms. The molecule has 0 amide bonds. The second kappa shape index (κ2) is 6.56. The molecule has 1 unspecified atom stereocenters. The van der Waals surface area contributed by atoms with E-state index in [1.807, 2.05) is 4.68 Å². The van der Waals surface area contributed by atoms with Crippen LogP contribution < -0.4 is 5.19 Å². The fraction of sp³-hybridized carbons (Fsp3) is 0.529. The zero-order valence-corrected chi connectivity index (χ0v) is 14.9. The van der Waals surface area contributed by atoms with Crippen LogP contribution in [0.1, 0.15) is 44.0 Å². The first-order chi connectivity index (χ1) is 9.95. The van der Waals surface area contributed by atoms with Crippen LogP contribution in [-0.2, 0) is 6.42 Å². The van der Waals surface area contributed by atoms with Crippen LogP contribution >= 0.6 is 0 Å². The molecule has 2 aromatic rings. The van der Waals surface area contributed by atoms with Crippen molar-refractivity contribution >= 4 is 13.3 Å². The van der Waals surface area contributed by atoms with Gasteiger partial charge in [-0.1, -0.05) is 74.6 Å². The Morgan fingerprint density at radius 1 is 1.10 bits per heavy atom. The Kier molecular flexibility index (Phi) is 4.98. The molecule has 21 heavy (non-hydrogen) atoms. The molecular formula is C17H27N3Si. The van der Waals surface area contributed by atoms with Gasteiger partial charge in [0, 0.05) is 6.20 Å². The number of nitrogens with zero attached hydrogens (tertiary/aromatic N) is 3.